The number of nitrogens with one attached hydrogen (secondary N) is 1. The summed E-state index contributed by atoms with van der Waals surface area (Å²) < 4.78 is 15.5. The summed E-state index contributed by atoms with van der Waals surface area (Å²) in [4.78, 5) is 26.3. The van der Waals surface area contributed by atoms with Gasteiger partial charge in [-0.05, 0) is 61.2 Å². The van der Waals surface area contributed by atoms with Crippen LogP contribution in [0.1, 0.15) is 30.1 Å². The van der Waals surface area contributed by atoms with Gasteiger partial charge in [-0.1, -0.05) is 6.92 Å². The molecule has 0 atom stereocenters. The molecule has 2 aromatic carbocycles. The van der Waals surface area contributed by atoms with Crippen LogP contribution < -0.4 is 19.7 Å². The quantitative estimate of drug-likeness (QED) is 0.698. The maximum absolute atomic E-state index is 12.3. The number of carbonyl (C=O) groups excluding carboxylic acids is 2. The maximum Gasteiger partial charge on any atom is 0.337 e. The number of piperidine rings is 1. The van der Waals surface area contributed by atoms with E-state index in [0.29, 0.717) is 22.7 Å². The molecule has 7 heteroatoms. The van der Waals surface area contributed by atoms with E-state index in [1.807, 2.05) is 24.3 Å². The van der Waals surface area contributed by atoms with Crippen LogP contribution >= 0.6 is 0 Å². The SMILES string of the molecule is COC(=O)c1ccc(OCC(=O)Nc2ccc(N3CCC(C)CC3)cc2)c(OC)c1. The predicted molar refractivity (Wildman–Crippen MR) is 116 cm³/mol. The van der Waals surface area contributed by atoms with E-state index in [4.69, 9.17) is 9.47 Å². The van der Waals surface area contributed by atoms with Crippen molar-refractivity contribution in [3.8, 4) is 11.5 Å². The molecule has 160 valence electrons. The molecule has 1 amide bonds. The first-order chi connectivity index (χ1) is 14.5. The van der Waals surface area contributed by atoms with Crippen molar-refractivity contribution in [2.24, 2.45) is 5.92 Å². The Morgan fingerprint density at radius 3 is 2.37 bits per heavy atom. The Labute approximate surface area is 176 Å². The highest BCUT2D eigenvalue weighted by atomic mass is 16.5. The Morgan fingerprint density at radius 1 is 1.03 bits per heavy atom. The van der Waals surface area contributed by atoms with Crippen molar-refractivity contribution in [3.63, 3.8) is 0 Å². The molecule has 7 nitrogen and oxygen atoms in total. The monoisotopic (exact) mass is 412 g/mol. The van der Waals surface area contributed by atoms with E-state index in [0.717, 1.165) is 19.0 Å². The summed E-state index contributed by atoms with van der Waals surface area (Å²) >= 11 is 0. The molecule has 3 rings (SSSR count). The molecule has 0 saturated carbocycles. The van der Waals surface area contributed by atoms with E-state index in [9.17, 15) is 9.59 Å². The third-order valence-electron chi connectivity index (χ3n) is 5.24. The number of esters is 1. The first-order valence-corrected chi connectivity index (χ1v) is 10.0. The molecule has 0 aromatic heterocycles. The van der Waals surface area contributed by atoms with Crippen molar-refractivity contribution < 1.29 is 23.8 Å². The number of ether oxygens (including phenoxy) is 3. The van der Waals surface area contributed by atoms with Crippen LogP contribution in [-0.2, 0) is 9.53 Å². The minimum Gasteiger partial charge on any atom is -0.493 e. The molecule has 1 aliphatic heterocycles. The molecule has 1 aliphatic rings. The van der Waals surface area contributed by atoms with Gasteiger partial charge in [-0.3, -0.25) is 4.79 Å². The van der Waals surface area contributed by atoms with Crippen molar-refractivity contribution in [3.05, 3.63) is 48.0 Å². The molecule has 1 N–H and O–H groups in total. The second-order valence-corrected chi connectivity index (χ2v) is 7.41. The highest BCUT2D eigenvalue weighted by molar-refractivity contribution is 5.92. The molecule has 0 aliphatic carbocycles. The summed E-state index contributed by atoms with van der Waals surface area (Å²) in [5.41, 5.74) is 2.23. The number of methoxy groups -OCH3 is 2. The Hall–Kier alpha value is -3.22. The van der Waals surface area contributed by atoms with Gasteiger partial charge in [0.05, 0.1) is 19.8 Å². The molecule has 2 aromatic rings. The number of benzene rings is 2. The van der Waals surface area contributed by atoms with Gasteiger partial charge in [0.25, 0.3) is 5.91 Å². The Morgan fingerprint density at radius 2 is 1.73 bits per heavy atom. The average Bonchev–Trinajstić information content (AvgIpc) is 2.78. The molecular weight excluding hydrogens is 384 g/mol. The number of nitrogens with zero attached hydrogens (tertiary/aromatic N) is 1. The van der Waals surface area contributed by atoms with E-state index >= 15 is 0 Å². The van der Waals surface area contributed by atoms with Gasteiger partial charge in [-0.2, -0.15) is 0 Å². The summed E-state index contributed by atoms with van der Waals surface area (Å²) in [6, 6.07) is 12.5. The van der Waals surface area contributed by atoms with Crippen LogP contribution in [0.4, 0.5) is 11.4 Å². The van der Waals surface area contributed by atoms with Gasteiger partial charge in [0.1, 0.15) is 0 Å². The molecule has 0 unspecified atom stereocenters. The first-order valence-electron chi connectivity index (χ1n) is 10.0. The lowest BCUT2D eigenvalue weighted by molar-refractivity contribution is -0.118. The third kappa shape index (κ3) is 5.43. The highest BCUT2D eigenvalue weighted by Gasteiger charge is 2.16. The molecule has 30 heavy (non-hydrogen) atoms. The van der Waals surface area contributed by atoms with E-state index < -0.39 is 5.97 Å². The van der Waals surface area contributed by atoms with Crippen molar-refractivity contribution in [2.75, 3.05) is 44.1 Å². The number of carbonyl (C=O) groups is 2. The van der Waals surface area contributed by atoms with Crippen LogP contribution in [0.5, 0.6) is 11.5 Å². The largest absolute Gasteiger partial charge is 0.493 e. The molecule has 0 radical (unpaired) electrons. The summed E-state index contributed by atoms with van der Waals surface area (Å²) in [5, 5.41) is 2.83. The van der Waals surface area contributed by atoms with Crippen molar-refractivity contribution in [1.29, 1.82) is 0 Å². The van der Waals surface area contributed by atoms with Gasteiger partial charge < -0.3 is 24.4 Å². The highest BCUT2D eigenvalue weighted by Crippen LogP contribution is 2.28. The fraction of sp³-hybridized carbons (Fsp3) is 0.391. The van der Waals surface area contributed by atoms with Gasteiger partial charge in [-0.15, -0.1) is 0 Å². The van der Waals surface area contributed by atoms with Gasteiger partial charge in [0.2, 0.25) is 0 Å². The van der Waals surface area contributed by atoms with Crippen LogP contribution in [0.2, 0.25) is 0 Å². The first kappa shape index (κ1) is 21.5. The number of amides is 1. The lowest BCUT2D eigenvalue weighted by Crippen LogP contribution is -2.32. The second kappa shape index (κ2) is 10.0. The Balaban J connectivity index is 1.54. The molecule has 0 spiro atoms. The second-order valence-electron chi connectivity index (χ2n) is 7.41. The van der Waals surface area contributed by atoms with Gasteiger partial charge >= 0.3 is 5.97 Å². The van der Waals surface area contributed by atoms with Crippen LogP contribution in [0.15, 0.2) is 42.5 Å². The third-order valence-corrected chi connectivity index (χ3v) is 5.24. The normalized spacial score (nSPS) is 14.2. The summed E-state index contributed by atoms with van der Waals surface area (Å²) in [5.74, 6) is 0.754. The predicted octanol–water partition coefficient (Wildman–Crippen LogP) is 3.74. The lowest BCUT2D eigenvalue weighted by atomic mass is 9.99. The number of rotatable bonds is 7. The van der Waals surface area contributed by atoms with Crippen molar-refractivity contribution in [1.82, 2.24) is 0 Å². The Kier molecular flexibility index (Phi) is 7.17. The number of anilines is 2. The van der Waals surface area contributed by atoms with Crippen molar-refractivity contribution >= 4 is 23.3 Å². The number of hydrogen-bond acceptors (Lipinski definition) is 6. The topological polar surface area (TPSA) is 77.1 Å². The zero-order chi connectivity index (χ0) is 21.5. The van der Waals surface area contributed by atoms with Crippen LogP contribution in [0, 0.1) is 5.92 Å². The van der Waals surface area contributed by atoms with E-state index in [1.54, 1.807) is 12.1 Å². The van der Waals surface area contributed by atoms with Crippen LogP contribution in [0.3, 0.4) is 0 Å². The molecule has 0 bridgehead atoms. The summed E-state index contributed by atoms with van der Waals surface area (Å²) in [7, 11) is 2.77. The molecule has 1 saturated heterocycles. The minimum absolute atomic E-state index is 0.181. The maximum atomic E-state index is 12.3. The average molecular weight is 412 g/mol. The van der Waals surface area contributed by atoms with E-state index in [-0.39, 0.29) is 12.5 Å². The zero-order valence-electron chi connectivity index (χ0n) is 17.6. The summed E-state index contributed by atoms with van der Waals surface area (Å²) in [6.07, 6.45) is 2.42. The van der Waals surface area contributed by atoms with E-state index in [1.165, 1.54) is 38.8 Å². The smallest absolute Gasteiger partial charge is 0.337 e. The standard InChI is InChI=1S/C23H28N2O5/c1-16-10-12-25(13-11-16)19-7-5-18(6-8-19)24-22(26)15-30-20-9-4-17(23(27)29-3)14-21(20)28-2/h4-9,14,16H,10-13,15H2,1-3H3,(H,24,26). The molecular formula is C23H28N2O5. The molecule has 1 heterocycles. The number of hydrogen-bond donors (Lipinski definition) is 1. The summed E-state index contributed by atoms with van der Waals surface area (Å²) in [6.45, 7) is 4.25. The van der Waals surface area contributed by atoms with Crippen LogP contribution in [0.25, 0.3) is 0 Å². The van der Waals surface area contributed by atoms with Crippen molar-refractivity contribution in [2.45, 2.75) is 19.8 Å². The zero-order valence-corrected chi connectivity index (χ0v) is 17.6. The van der Waals surface area contributed by atoms with Gasteiger partial charge in [0, 0.05) is 24.5 Å². The molecule has 1 fully saturated rings. The van der Waals surface area contributed by atoms with E-state index in [2.05, 4.69) is 21.9 Å². The minimum atomic E-state index is -0.472. The van der Waals surface area contributed by atoms with Gasteiger partial charge in [0.15, 0.2) is 18.1 Å². The van der Waals surface area contributed by atoms with Gasteiger partial charge in [-0.25, -0.2) is 4.79 Å². The lowest BCUT2D eigenvalue weighted by Gasteiger charge is -2.32. The fourth-order valence-corrected chi connectivity index (χ4v) is 3.39. The Bertz CT molecular complexity index is 874. The van der Waals surface area contributed by atoms with Crippen LogP contribution in [-0.4, -0.2) is 45.8 Å². The fourth-order valence-electron chi connectivity index (χ4n) is 3.39.